The lowest BCUT2D eigenvalue weighted by molar-refractivity contribution is 0.178. The van der Waals surface area contributed by atoms with Gasteiger partial charge in [-0.15, -0.1) is 0 Å². The van der Waals surface area contributed by atoms with E-state index >= 15 is 0 Å². The topological polar surface area (TPSA) is 75.6 Å². The SMILES string of the molecule is CCNC(=NCC(O)c1cc(OC)ccc1OC)N(C)CC1CCOC1. The number of methoxy groups -OCH3 is 2. The molecule has 1 fully saturated rings. The first-order valence-corrected chi connectivity index (χ1v) is 9.06. The monoisotopic (exact) mass is 365 g/mol. The number of aliphatic hydroxyl groups excluding tert-OH is 1. The van der Waals surface area contributed by atoms with Crippen molar-refractivity contribution in [3.8, 4) is 11.5 Å². The minimum Gasteiger partial charge on any atom is -0.497 e. The number of aliphatic hydroxyl groups is 1. The van der Waals surface area contributed by atoms with Gasteiger partial charge in [0, 0.05) is 38.2 Å². The molecule has 0 amide bonds. The molecule has 2 N–H and O–H groups in total. The Bertz CT molecular complexity index is 588. The number of guanidine groups is 1. The summed E-state index contributed by atoms with van der Waals surface area (Å²) >= 11 is 0. The minimum atomic E-state index is -0.781. The molecule has 2 rings (SSSR count). The second kappa shape index (κ2) is 10.2. The summed E-state index contributed by atoms with van der Waals surface area (Å²) in [5, 5.41) is 13.9. The molecular weight excluding hydrogens is 334 g/mol. The number of benzene rings is 1. The Morgan fingerprint density at radius 1 is 1.42 bits per heavy atom. The van der Waals surface area contributed by atoms with Gasteiger partial charge in [-0.2, -0.15) is 0 Å². The van der Waals surface area contributed by atoms with Crippen LogP contribution in [0.15, 0.2) is 23.2 Å². The smallest absolute Gasteiger partial charge is 0.193 e. The van der Waals surface area contributed by atoms with E-state index in [0.717, 1.165) is 38.7 Å². The lowest BCUT2D eigenvalue weighted by Gasteiger charge is -2.25. The maximum Gasteiger partial charge on any atom is 0.193 e. The van der Waals surface area contributed by atoms with Crippen LogP contribution in [-0.2, 0) is 4.74 Å². The van der Waals surface area contributed by atoms with E-state index in [0.29, 0.717) is 23.0 Å². The number of rotatable bonds is 8. The summed E-state index contributed by atoms with van der Waals surface area (Å²) in [7, 11) is 5.20. The van der Waals surface area contributed by atoms with Gasteiger partial charge in [0.15, 0.2) is 5.96 Å². The van der Waals surface area contributed by atoms with Crippen LogP contribution >= 0.6 is 0 Å². The van der Waals surface area contributed by atoms with Crippen LogP contribution in [0, 0.1) is 5.92 Å². The first kappa shape index (κ1) is 20.3. The predicted octanol–water partition coefficient (Wildman–Crippen LogP) is 1.67. The molecule has 0 bridgehead atoms. The van der Waals surface area contributed by atoms with Crippen LogP contribution in [-0.4, -0.2) is 70.1 Å². The lowest BCUT2D eigenvalue weighted by Crippen LogP contribution is -2.41. The molecule has 0 aliphatic carbocycles. The molecule has 0 spiro atoms. The summed E-state index contributed by atoms with van der Waals surface area (Å²) < 4.78 is 16.0. The second-order valence-electron chi connectivity index (χ2n) is 6.43. The van der Waals surface area contributed by atoms with Crippen LogP contribution < -0.4 is 14.8 Å². The summed E-state index contributed by atoms with van der Waals surface area (Å²) in [6.45, 7) is 5.54. The van der Waals surface area contributed by atoms with Gasteiger partial charge in [0.25, 0.3) is 0 Å². The van der Waals surface area contributed by atoms with Crippen LogP contribution in [0.4, 0.5) is 0 Å². The Morgan fingerprint density at radius 3 is 2.85 bits per heavy atom. The highest BCUT2D eigenvalue weighted by Crippen LogP contribution is 2.29. The third-order valence-corrected chi connectivity index (χ3v) is 4.46. The van der Waals surface area contributed by atoms with E-state index in [-0.39, 0.29) is 6.54 Å². The molecule has 2 atom stereocenters. The Labute approximate surface area is 156 Å². The van der Waals surface area contributed by atoms with Crippen molar-refractivity contribution >= 4 is 5.96 Å². The van der Waals surface area contributed by atoms with E-state index in [1.807, 2.05) is 14.0 Å². The highest BCUT2D eigenvalue weighted by molar-refractivity contribution is 5.79. The fourth-order valence-corrected chi connectivity index (χ4v) is 3.04. The summed E-state index contributed by atoms with van der Waals surface area (Å²) in [4.78, 5) is 6.70. The minimum absolute atomic E-state index is 0.233. The Morgan fingerprint density at radius 2 is 2.23 bits per heavy atom. The first-order chi connectivity index (χ1) is 12.6. The maximum atomic E-state index is 10.6. The number of nitrogens with one attached hydrogen (secondary N) is 1. The molecule has 0 saturated carbocycles. The molecule has 1 aromatic carbocycles. The van der Waals surface area contributed by atoms with E-state index in [2.05, 4.69) is 15.2 Å². The van der Waals surface area contributed by atoms with E-state index in [1.165, 1.54) is 0 Å². The van der Waals surface area contributed by atoms with Gasteiger partial charge >= 0.3 is 0 Å². The first-order valence-electron chi connectivity index (χ1n) is 9.06. The average molecular weight is 365 g/mol. The van der Waals surface area contributed by atoms with Gasteiger partial charge in [-0.25, -0.2) is 0 Å². The molecule has 146 valence electrons. The van der Waals surface area contributed by atoms with Crippen molar-refractivity contribution in [2.75, 3.05) is 54.1 Å². The molecule has 7 nitrogen and oxygen atoms in total. The molecule has 1 aliphatic heterocycles. The Balaban J connectivity index is 2.07. The summed E-state index contributed by atoms with van der Waals surface area (Å²) in [5.74, 6) is 2.59. The van der Waals surface area contributed by atoms with Crippen molar-refractivity contribution < 1.29 is 19.3 Å². The van der Waals surface area contributed by atoms with Crippen molar-refractivity contribution in [3.05, 3.63) is 23.8 Å². The van der Waals surface area contributed by atoms with Crippen molar-refractivity contribution in [2.24, 2.45) is 10.9 Å². The van der Waals surface area contributed by atoms with Crippen LogP contribution in [0.5, 0.6) is 11.5 Å². The molecule has 2 unspecified atom stereocenters. The van der Waals surface area contributed by atoms with Crippen LogP contribution in [0.1, 0.15) is 25.0 Å². The number of hydrogen-bond acceptors (Lipinski definition) is 5. The van der Waals surface area contributed by atoms with Gasteiger partial charge < -0.3 is 29.5 Å². The number of aliphatic imine (C=N–C) groups is 1. The van der Waals surface area contributed by atoms with Crippen LogP contribution in [0.2, 0.25) is 0 Å². The molecule has 1 aromatic rings. The number of nitrogens with zero attached hydrogens (tertiary/aromatic N) is 2. The van der Waals surface area contributed by atoms with Crippen molar-refractivity contribution in [1.82, 2.24) is 10.2 Å². The van der Waals surface area contributed by atoms with Crippen LogP contribution in [0.3, 0.4) is 0 Å². The number of hydrogen-bond donors (Lipinski definition) is 2. The second-order valence-corrected chi connectivity index (χ2v) is 6.43. The zero-order chi connectivity index (χ0) is 18.9. The van der Waals surface area contributed by atoms with Gasteiger partial charge in [-0.05, 0) is 31.5 Å². The molecule has 26 heavy (non-hydrogen) atoms. The van der Waals surface area contributed by atoms with E-state index < -0.39 is 6.10 Å². The van der Waals surface area contributed by atoms with Gasteiger partial charge in [0.1, 0.15) is 17.6 Å². The van der Waals surface area contributed by atoms with Gasteiger partial charge in [-0.1, -0.05) is 0 Å². The zero-order valence-electron chi connectivity index (χ0n) is 16.2. The van der Waals surface area contributed by atoms with E-state index in [9.17, 15) is 5.11 Å². The highest BCUT2D eigenvalue weighted by Gasteiger charge is 2.20. The van der Waals surface area contributed by atoms with Gasteiger partial charge in [-0.3, -0.25) is 4.99 Å². The zero-order valence-corrected chi connectivity index (χ0v) is 16.2. The highest BCUT2D eigenvalue weighted by atomic mass is 16.5. The standard InChI is InChI=1S/C19H31N3O4/c1-5-20-19(22(2)12-14-8-9-26-13-14)21-11-17(23)16-10-15(24-3)6-7-18(16)25-4/h6-7,10,14,17,23H,5,8-9,11-13H2,1-4H3,(H,20,21). The fourth-order valence-electron chi connectivity index (χ4n) is 3.04. The fraction of sp³-hybridized carbons (Fsp3) is 0.632. The van der Waals surface area contributed by atoms with Crippen LogP contribution in [0.25, 0.3) is 0 Å². The average Bonchev–Trinajstić information content (AvgIpc) is 3.17. The summed E-state index contributed by atoms with van der Waals surface area (Å²) in [6, 6.07) is 5.38. The van der Waals surface area contributed by atoms with Crippen molar-refractivity contribution in [3.63, 3.8) is 0 Å². The number of ether oxygens (including phenoxy) is 3. The Kier molecular flexibility index (Phi) is 8.00. The molecule has 7 heteroatoms. The molecule has 1 saturated heterocycles. The largest absolute Gasteiger partial charge is 0.497 e. The lowest BCUT2D eigenvalue weighted by atomic mass is 10.1. The molecule has 1 heterocycles. The van der Waals surface area contributed by atoms with Crippen molar-refractivity contribution in [2.45, 2.75) is 19.4 Å². The normalized spacial score (nSPS) is 18.5. The third-order valence-electron chi connectivity index (χ3n) is 4.46. The van der Waals surface area contributed by atoms with Gasteiger partial charge in [0.05, 0.1) is 27.4 Å². The quantitative estimate of drug-likeness (QED) is 0.539. The van der Waals surface area contributed by atoms with E-state index in [1.54, 1.807) is 32.4 Å². The predicted molar refractivity (Wildman–Crippen MR) is 102 cm³/mol. The Hall–Kier alpha value is -1.99. The summed E-state index contributed by atoms with van der Waals surface area (Å²) in [5.41, 5.74) is 0.665. The maximum absolute atomic E-state index is 10.6. The molecule has 0 radical (unpaired) electrons. The van der Waals surface area contributed by atoms with Gasteiger partial charge in [0.2, 0.25) is 0 Å². The summed E-state index contributed by atoms with van der Waals surface area (Å²) in [6.07, 6.45) is 0.296. The molecule has 0 aromatic heterocycles. The van der Waals surface area contributed by atoms with E-state index in [4.69, 9.17) is 14.2 Å². The molecular formula is C19H31N3O4. The molecule has 1 aliphatic rings. The third kappa shape index (κ3) is 5.51. The van der Waals surface area contributed by atoms with Crippen molar-refractivity contribution in [1.29, 1.82) is 0 Å².